The van der Waals surface area contributed by atoms with Crippen molar-refractivity contribution in [1.82, 2.24) is 10.2 Å². The van der Waals surface area contributed by atoms with Crippen molar-refractivity contribution in [2.75, 3.05) is 0 Å². The molecule has 0 radical (unpaired) electrons. The molecule has 0 aliphatic carbocycles. The minimum atomic E-state index is 0.0363. The van der Waals surface area contributed by atoms with Crippen LogP contribution in [0.4, 0.5) is 0 Å². The van der Waals surface area contributed by atoms with Crippen molar-refractivity contribution in [3.8, 4) is 0 Å². The van der Waals surface area contributed by atoms with E-state index < -0.39 is 0 Å². The van der Waals surface area contributed by atoms with Crippen LogP contribution in [0.5, 0.6) is 0 Å². The predicted octanol–water partition coefficient (Wildman–Crippen LogP) is 2.69. The summed E-state index contributed by atoms with van der Waals surface area (Å²) in [5, 5.41) is 9.83. The lowest BCUT2D eigenvalue weighted by Gasteiger charge is -2.03. The molecule has 0 aliphatic rings. The van der Waals surface area contributed by atoms with Gasteiger partial charge < -0.3 is 0 Å². The first-order valence-electron chi connectivity index (χ1n) is 4.99. The van der Waals surface area contributed by atoms with Crippen molar-refractivity contribution in [3.63, 3.8) is 0 Å². The summed E-state index contributed by atoms with van der Waals surface area (Å²) in [7, 11) is 0. The number of ketones is 1. The summed E-state index contributed by atoms with van der Waals surface area (Å²) < 4.78 is 0. The van der Waals surface area contributed by atoms with Gasteiger partial charge in [0.15, 0.2) is 5.78 Å². The van der Waals surface area contributed by atoms with E-state index in [1.165, 1.54) is 0 Å². The Morgan fingerprint density at radius 1 is 1.19 bits per heavy atom. The van der Waals surface area contributed by atoms with E-state index in [4.69, 9.17) is 0 Å². The quantitative estimate of drug-likeness (QED) is 0.748. The zero-order chi connectivity index (χ0) is 11.7. The zero-order valence-corrected chi connectivity index (χ0v) is 10.3. The Morgan fingerprint density at radius 3 is 2.56 bits per heavy atom. The number of aryl methyl sites for hydroxylation is 3. The number of nitrogens with zero attached hydrogens (tertiary/aromatic N) is 2. The molecule has 3 nitrogen and oxygen atoms in total. The Balaban J connectivity index is 2.49. The van der Waals surface area contributed by atoms with Gasteiger partial charge in [0, 0.05) is 16.0 Å². The van der Waals surface area contributed by atoms with Crippen LogP contribution in [-0.4, -0.2) is 16.0 Å². The summed E-state index contributed by atoms with van der Waals surface area (Å²) in [6.07, 6.45) is 0. The number of aromatic nitrogens is 2. The van der Waals surface area contributed by atoms with Gasteiger partial charge >= 0.3 is 0 Å². The van der Waals surface area contributed by atoms with Crippen molar-refractivity contribution in [2.45, 2.75) is 20.8 Å². The number of thiophene rings is 1. The van der Waals surface area contributed by atoms with Crippen LogP contribution < -0.4 is 0 Å². The Kier molecular flexibility index (Phi) is 2.83. The van der Waals surface area contributed by atoms with Crippen LogP contribution in [-0.2, 0) is 0 Å². The van der Waals surface area contributed by atoms with Gasteiger partial charge in [-0.05, 0) is 38.3 Å². The highest BCUT2D eigenvalue weighted by molar-refractivity contribution is 7.10. The maximum Gasteiger partial charge on any atom is 0.196 e. The standard InChI is InChI=1S/C12H12N2OS/c1-7-6-11(8(2)14-13-7)12(15)10-4-5-16-9(10)3/h4-6H,1-3H3. The van der Waals surface area contributed by atoms with Crippen molar-refractivity contribution < 1.29 is 4.79 Å². The minimum absolute atomic E-state index is 0.0363. The van der Waals surface area contributed by atoms with Crippen LogP contribution in [0.25, 0.3) is 0 Å². The van der Waals surface area contributed by atoms with Gasteiger partial charge in [0.05, 0.1) is 11.4 Å². The molecular formula is C12H12N2OS. The Morgan fingerprint density at radius 2 is 1.94 bits per heavy atom. The average Bonchev–Trinajstić information content (AvgIpc) is 2.67. The fourth-order valence-corrected chi connectivity index (χ4v) is 2.24. The van der Waals surface area contributed by atoms with Gasteiger partial charge in [0.1, 0.15) is 0 Å². The van der Waals surface area contributed by atoms with Crippen LogP contribution in [0, 0.1) is 20.8 Å². The molecule has 2 heterocycles. The van der Waals surface area contributed by atoms with E-state index in [1.807, 2.05) is 25.3 Å². The van der Waals surface area contributed by atoms with Gasteiger partial charge in [-0.25, -0.2) is 0 Å². The third-order valence-electron chi connectivity index (χ3n) is 2.45. The molecule has 4 heteroatoms. The summed E-state index contributed by atoms with van der Waals surface area (Å²) in [6, 6.07) is 3.65. The van der Waals surface area contributed by atoms with Gasteiger partial charge in [-0.2, -0.15) is 10.2 Å². The largest absolute Gasteiger partial charge is 0.288 e. The summed E-state index contributed by atoms with van der Waals surface area (Å²) in [6.45, 7) is 5.60. The van der Waals surface area contributed by atoms with Gasteiger partial charge in [-0.1, -0.05) is 0 Å². The first-order valence-corrected chi connectivity index (χ1v) is 5.87. The van der Waals surface area contributed by atoms with Crippen molar-refractivity contribution >= 4 is 17.1 Å². The van der Waals surface area contributed by atoms with E-state index in [2.05, 4.69) is 10.2 Å². The molecule has 0 amide bonds. The van der Waals surface area contributed by atoms with E-state index in [0.717, 1.165) is 16.1 Å². The van der Waals surface area contributed by atoms with Crippen LogP contribution in [0.15, 0.2) is 17.5 Å². The van der Waals surface area contributed by atoms with E-state index in [-0.39, 0.29) is 5.78 Å². The molecular weight excluding hydrogens is 220 g/mol. The number of carbonyl (C=O) groups excluding carboxylic acids is 1. The van der Waals surface area contributed by atoms with Crippen LogP contribution in [0.1, 0.15) is 32.2 Å². The van der Waals surface area contributed by atoms with E-state index in [9.17, 15) is 4.79 Å². The highest BCUT2D eigenvalue weighted by atomic mass is 32.1. The molecule has 16 heavy (non-hydrogen) atoms. The molecule has 82 valence electrons. The zero-order valence-electron chi connectivity index (χ0n) is 9.44. The minimum Gasteiger partial charge on any atom is -0.288 e. The first kappa shape index (κ1) is 11.0. The molecule has 0 saturated carbocycles. The molecule has 0 saturated heterocycles. The van der Waals surface area contributed by atoms with Crippen LogP contribution in [0.2, 0.25) is 0 Å². The average molecular weight is 232 g/mol. The highest BCUT2D eigenvalue weighted by Crippen LogP contribution is 2.20. The number of rotatable bonds is 2. The number of hydrogen-bond donors (Lipinski definition) is 0. The monoisotopic (exact) mass is 232 g/mol. The molecule has 0 aliphatic heterocycles. The summed E-state index contributed by atoms with van der Waals surface area (Å²) in [4.78, 5) is 13.3. The molecule has 0 fully saturated rings. The third kappa shape index (κ3) is 1.88. The fourth-order valence-electron chi connectivity index (χ4n) is 1.55. The smallest absolute Gasteiger partial charge is 0.196 e. The second-order valence-corrected chi connectivity index (χ2v) is 4.82. The number of carbonyl (C=O) groups is 1. The Hall–Kier alpha value is -1.55. The molecule has 0 spiro atoms. The van der Waals surface area contributed by atoms with E-state index in [1.54, 1.807) is 24.3 Å². The summed E-state index contributed by atoms with van der Waals surface area (Å²) in [5.74, 6) is 0.0363. The van der Waals surface area contributed by atoms with Gasteiger partial charge in [0.25, 0.3) is 0 Å². The topological polar surface area (TPSA) is 42.9 Å². The van der Waals surface area contributed by atoms with Crippen LogP contribution >= 0.6 is 11.3 Å². The molecule has 0 unspecified atom stereocenters. The Labute approximate surface area is 98.2 Å². The number of hydrogen-bond acceptors (Lipinski definition) is 4. The van der Waals surface area contributed by atoms with Crippen LogP contribution in [0.3, 0.4) is 0 Å². The van der Waals surface area contributed by atoms with E-state index in [0.29, 0.717) is 11.3 Å². The second-order valence-electron chi connectivity index (χ2n) is 3.70. The fraction of sp³-hybridized carbons (Fsp3) is 0.250. The lowest BCUT2D eigenvalue weighted by Crippen LogP contribution is -2.07. The normalized spacial score (nSPS) is 10.4. The summed E-state index contributed by atoms with van der Waals surface area (Å²) in [5.41, 5.74) is 2.86. The van der Waals surface area contributed by atoms with Gasteiger partial charge in [-0.15, -0.1) is 11.3 Å². The van der Waals surface area contributed by atoms with Crippen molar-refractivity contribution in [1.29, 1.82) is 0 Å². The molecule has 0 bridgehead atoms. The molecule has 2 rings (SSSR count). The third-order valence-corrected chi connectivity index (χ3v) is 3.29. The first-order chi connectivity index (χ1) is 7.59. The Bertz CT molecular complexity index is 546. The second kappa shape index (κ2) is 4.14. The lowest BCUT2D eigenvalue weighted by molar-refractivity contribution is 0.103. The molecule has 0 atom stereocenters. The highest BCUT2D eigenvalue weighted by Gasteiger charge is 2.15. The molecule has 0 aromatic carbocycles. The lowest BCUT2D eigenvalue weighted by atomic mass is 10.0. The van der Waals surface area contributed by atoms with Crippen molar-refractivity contribution in [2.24, 2.45) is 0 Å². The summed E-state index contributed by atoms with van der Waals surface area (Å²) >= 11 is 1.58. The molecule has 2 aromatic heterocycles. The maximum absolute atomic E-state index is 12.2. The predicted molar refractivity (Wildman–Crippen MR) is 64.0 cm³/mol. The maximum atomic E-state index is 12.2. The van der Waals surface area contributed by atoms with Gasteiger partial charge in [-0.3, -0.25) is 4.79 Å². The SMILES string of the molecule is Cc1cc(C(=O)c2ccsc2C)c(C)nn1. The molecule has 2 aromatic rings. The van der Waals surface area contributed by atoms with E-state index >= 15 is 0 Å². The van der Waals surface area contributed by atoms with Crippen molar-refractivity contribution in [3.05, 3.63) is 44.9 Å². The van der Waals surface area contributed by atoms with Gasteiger partial charge in [0.2, 0.25) is 0 Å². The molecule has 0 N–H and O–H groups in total.